The van der Waals surface area contributed by atoms with Crippen LogP contribution < -0.4 is 4.74 Å². The van der Waals surface area contributed by atoms with Crippen LogP contribution in [0.4, 0.5) is 0 Å². The minimum atomic E-state index is -0.239. The first-order valence-electron chi connectivity index (χ1n) is 9.99. The highest BCUT2D eigenvalue weighted by molar-refractivity contribution is 5.95. The molecule has 1 saturated heterocycles. The van der Waals surface area contributed by atoms with Crippen molar-refractivity contribution in [3.8, 4) is 5.75 Å². The third-order valence-electron chi connectivity index (χ3n) is 5.74. The summed E-state index contributed by atoms with van der Waals surface area (Å²) >= 11 is 0. The van der Waals surface area contributed by atoms with Crippen LogP contribution in [-0.4, -0.2) is 54.9 Å². The summed E-state index contributed by atoms with van der Waals surface area (Å²) in [4.78, 5) is 29.7. The topological polar surface area (TPSA) is 49.9 Å². The number of rotatable bonds is 3. The molecule has 1 fully saturated rings. The number of aryl methyl sites for hydroxylation is 1. The number of carbonyl (C=O) groups is 2. The summed E-state index contributed by atoms with van der Waals surface area (Å²) in [6, 6.07) is 15.1. The van der Waals surface area contributed by atoms with Crippen LogP contribution in [0.15, 0.2) is 48.5 Å². The molecule has 2 aromatic rings. The van der Waals surface area contributed by atoms with E-state index in [4.69, 9.17) is 4.74 Å². The van der Waals surface area contributed by atoms with Gasteiger partial charge in [0.05, 0.1) is 5.92 Å². The van der Waals surface area contributed by atoms with E-state index < -0.39 is 0 Å². The highest BCUT2D eigenvalue weighted by atomic mass is 35.5. The van der Waals surface area contributed by atoms with Crippen molar-refractivity contribution < 1.29 is 14.3 Å². The Labute approximate surface area is 178 Å². The molecule has 0 aromatic heterocycles. The molecule has 2 aromatic carbocycles. The molecule has 0 radical (unpaired) electrons. The van der Waals surface area contributed by atoms with Crippen molar-refractivity contribution in [3.05, 3.63) is 65.2 Å². The molecule has 4 rings (SSSR count). The van der Waals surface area contributed by atoms with Gasteiger partial charge < -0.3 is 14.5 Å². The van der Waals surface area contributed by atoms with Gasteiger partial charge >= 0.3 is 5.97 Å². The van der Waals surface area contributed by atoms with Crippen molar-refractivity contribution in [3.63, 3.8) is 0 Å². The number of piperazine rings is 1. The second-order valence-corrected chi connectivity index (χ2v) is 7.69. The first-order chi connectivity index (χ1) is 13.6. The van der Waals surface area contributed by atoms with Crippen LogP contribution in [0.2, 0.25) is 0 Å². The monoisotopic (exact) mass is 414 g/mol. The van der Waals surface area contributed by atoms with Gasteiger partial charge in [-0.1, -0.05) is 30.3 Å². The largest absolute Gasteiger partial charge is 0.426 e. The normalized spacial score (nSPS) is 19.1. The minimum absolute atomic E-state index is 0. The fourth-order valence-corrected chi connectivity index (χ4v) is 4.07. The molecule has 1 aliphatic carbocycles. The molecule has 5 nitrogen and oxygen atoms in total. The zero-order chi connectivity index (χ0) is 19.5. The van der Waals surface area contributed by atoms with Crippen LogP contribution in [0.5, 0.6) is 5.75 Å². The highest BCUT2D eigenvalue weighted by Gasteiger charge is 2.28. The molecule has 1 atom stereocenters. The number of carbonyl (C=O) groups excluding carboxylic acids is 2. The van der Waals surface area contributed by atoms with Crippen molar-refractivity contribution in [1.82, 2.24) is 9.80 Å². The van der Waals surface area contributed by atoms with Crippen LogP contribution in [-0.2, 0) is 11.2 Å². The molecule has 29 heavy (non-hydrogen) atoms. The van der Waals surface area contributed by atoms with E-state index in [1.54, 1.807) is 24.3 Å². The molecule has 0 spiro atoms. The zero-order valence-corrected chi connectivity index (χ0v) is 17.5. The van der Waals surface area contributed by atoms with E-state index in [2.05, 4.69) is 18.0 Å². The minimum Gasteiger partial charge on any atom is -0.426 e. The van der Waals surface area contributed by atoms with E-state index in [-0.39, 0.29) is 30.2 Å². The third kappa shape index (κ3) is 4.80. The van der Waals surface area contributed by atoms with Gasteiger partial charge in [-0.25, -0.2) is 0 Å². The van der Waals surface area contributed by atoms with Crippen molar-refractivity contribution in [1.29, 1.82) is 0 Å². The maximum Gasteiger partial charge on any atom is 0.318 e. The van der Waals surface area contributed by atoms with Gasteiger partial charge in [0, 0.05) is 31.7 Å². The molecule has 0 N–H and O–H groups in total. The van der Waals surface area contributed by atoms with E-state index in [0.717, 1.165) is 51.0 Å². The Kier molecular flexibility index (Phi) is 6.93. The molecular weight excluding hydrogens is 388 g/mol. The Balaban J connectivity index is 0.00000240. The van der Waals surface area contributed by atoms with Gasteiger partial charge in [0.15, 0.2) is 0 Å². The summed E-state index contributed by atoms with van der Waals surface area (Å²) in [6.07, 6.45) is 2.80. The van der Waals surface area contributed by atoms with E-state index in [1.165, 1.54) is 5.56 Å². The summed E-state index contributed by atoms with van der Waals surface area (Å²) < 4.78 is 5.69. The lowest BCUT2D eigenvalue weighted by atomic mass is 9.83. The first kappa shape index (κ1) is 21.3. The van der Waals surface area contributed by atoms with E-state index >= 15 is 0 Å². The standard InChI is InChI=1S/C23H26N2O3.ClH/c1-24-12-14-25(15-13-24)22(26)18-8-4-9-19(16-18)28-23(27)21-11-5-7-17-6-2-3-10-20(17)21;/h2-4,6,8-10,16,21H,5,7,11-15H2,1H3;1H. The number of amides is 1. The number of esters is 1. The average Bonchev–Trinajstić information content (AvgIpc) is 2.73. The van der Waals surface area contributed by atoms with Crippen LogP contribution in [0.1, 0.15) is 40.2 Å². The van der Waals surface area contributed by atoms with Gasteiger partial charge in [0.25, 0.3) is 5.91 Å². The molecule has 6 heteroatoms. The molecule has 1 aliphatic heterocycles. The van der Waals surface area contributed by atoms with Gasteiger partial charge in [-0.15, -0.1) is 12.4 Å². The number of hydrogen-bond acceptors (Lipinski definition) is 4. The summed E-state index contributed by atoms with van der Waals surface area (Å²) in [6.45, 7) is 3.19. The Morgan fingerprint density at radius 3 is 2.55 bits per heavy atom. The van der Waals surface area contributed by atoms with Crippen molar-refractivity contribution >= 4 is 24.3 Å². The van der Waals surface area contributed by atoms with Gasteiger partial charge in [-0.05, 0) is 55.6 Å². The number of ether oxygens (including phenoxy) is 1. The van der Waals surface area contributed by atoms with Crippen LogP contribution in [0.3, 0.4) is 0 Å². The summed E-state index contributed by atoms with van der Waals surface area (Å²) in [5.74, 6) is -0.0414. The zero-order valence-electron chi connectivity index (χ0n) is 16.7. The second-order valence-electron chi connectivity index (χ2n) is 7.69. The molecule has 1 heterocycles. The average molecular weight is 415 g/mol. The van der Waals surface area contributed by atoms with E-state index in [9.17, 15) is 9.59 Å². The molecule has 0 saturated carbocycles. The lowest BCUT2D eigenvalue weighted by Gasteiger charge is -2.32. The number of hydrogen-bond donors (Lipinski definition) is 0. The molecule has 1 unspecified atom stereocenters. The Morgan fingerprint density at radius 2 is 1.76 bits per heavy atom. The number of nitrogens with zero attached hydrogens (tertiary/aromatic N) is 2. The van der Waals surface area contributed by atoms with Crippen LogP contribution >= 0.6 is 12.4 Å². The number of halogens is 1. The van der Waals surface area contributed by atoms with Gasteiger partial charge in [-0.3, -0.25) is 9.59 Å². The van der Waals surface area contributed by atoms with E-state index in [0.29, 0.717) is 11.3 Å². The predicted molar refractivity (Wildman–Crippen MR) is 115 cm³/mol. The SMILES string of the molecule is CN1CCN(C(=O)c2cccc(OC(=O)C3CCCc4ccccc43)c2)CC1.Cl. The summed E-state index contributed by atoms with van der Waals surface area (Å²) in [5, 5.41) is 0. The number of fused-ring (bicyclic) bond motifs is 1. The summed E-state index contributed by atoms with van der Waals surface area (Å²) in [7, 11) is 2.06. The Hall–Kier alpha value is -2.37. The van der Waals surface area contributed by atoms with Crippen LogP contribution in [0, 0.1) is 0 Å². The predicted octanol–water partition coefficient (Wildman–Crippen LogP) is 3.52. The second kappa shape index (κ2) is 9.42. The molecule has 2 aliphatic rings. The van der Waals surface area contributed by atoms with Crippen molar-refractivity contribution in [2.24, 2.45) is 0 Å². The number of benzene rings is 2. The van der Waals surface area contributed by atoms with Crippen LogP contribution in [0.25, 0.3) is 0 Å². The van der Waals surface area contributed by atoms with Crippen molar-refractivity contribution in [2.45, 2.75) is 25.2 Å². The first-order valence-corrected chi connectivity index (χ1v) is 9.99. The smallest absolute Gasteiger partial charge is 0.318 e. The Bertz CT molecular complexity index is 878. The van der Waals surface area contributed by atoms with Crippen molar-refractivity contribution in [2.75, 3.05) is 33.2 Å². The third-order valence-corrected chi connectivity index (χ3v) is 5.74. The van der Waals surface area contributed by atoms with Gasteiger partial charge in [0.1, 0.15) is 5.75 Å². The lowest BCUT2D eigenvalue weighted by Crippen LogP contribution is -2.47. The van der Waals surface area contributed by atoms with Gasteiger partial charge in [-0.2, -0.15) is 0 Å². The summed E-state index contributed by atoms with van der Waals surface area (Å²) in [5.41, 5.74) is 2.87. The lowest BCUT2D eigenvalue weighted by molar-refractivity contribution is -0.136. The quantitative estimate of drug-likeness (QED) is 0.569. The molecule has 1 amide bonds. The fraction of sp³-hybridized carbons (Fsp3) is 0.391. The molecular formula is C23H27ClN2O3. The van der Waals surface area contributed by atoms with Gasteiger partial charge in [0.2, 0.25) is 0 Å². The maximum absolute atomic E-state index is 12.8. The molecule has 0 bridgehead atoms. The van der Waals surface area contributed by atoms with E-state index in [1.807, 2.05) is 23.1 Å². The fourth-order valence-electron chi connectivity index (χ4n) is 4.07. The molecule has 154 valence electrons. The highest BCUT2D eigenvalue weighted by Crippen LogP contribution is 2.33. The number of likely N-dealkylation sites (N-methyl/N-ethyl adjacent to an activating group) is 1. The Morgan fingerprint density at radius 1 is 1.00 bits per heavy atom. The maximum atomic E-state index is 12.8.